The number of nitrogens with zero attached hydrogens (tertiary/aromatic N) is 3. The summed E-state index contributed by atoms with van der Waals surface area (Å²) in [5, 5.41) is 0. The quantitative estimate of drug-likeness (QED) is 0.713. The van der Waals surface area contributed by atoms with Gasteiger partial charge in [-0.3, -0.25) is 14.5 Å². The van der Waals surface area contributed by atoms with E-state index in [0.717, 1.165) is 78.6 Å². The molecule has 166 valence electrons. The van der Waals surface area contributed by atoms with Gasteiger partial charge in [0.25, 0.3) is 5.91 Å². The molecule has 0 saturated carbocycles. The summed E-state index contributed by atoms with van der Waals surface area (Å²) in [5.41, 5.74) is 2.19. The molecule has 0 atom stereocenters. The number of aryl methyl sites for hydroxylation is 1. The van der Waals surface area contributed by atoms with Crippen LogP contribution in [0.4, 0.5) is 0 Å². The first-order valence-corrected chi connectivity index (χ1v) is 11.9. The highest BCUT2D eigenvalue weighted by molar-refractivity contribution is 7.14. The maximum atomic E-state index is 13.2. The molecule has 31 heavy (non-hydrogen) atoms. The minimum absolute atomic E-state index is 0.0978. The van der Waals surface area contributed by atoms with Crippen molar-refractivity contribution in [2.75, 3.05) is 52.9 Å². The van der Waals surface area contributed by atoms with Crippen LogP contribution < -0.4 is 4.74 Å². The van der Waals surface area contributed by atoms with Crippen LogP contribution in [0.3, 0.4) is 0 Å². The Kier molecular flexibility index (Phi) is 6.92. The first kappa shape index (κ1) is 21.8. The Morgan fingerprint density at radius 2 is 1.65 bits per heavy atom. The molecule has 0 unspecified atom stereocenters. The van der Waals surface area contributed by atoms with Crippen LogP contribution in [0.1, 0.15) is 33.8 Å². The normalized spacial score (nSPS) is 17.6. The van der Waals surface area contributed by atoms with E-state index in [4.69, 9.17) is 4.74 Å². The number of amides is 2. The Balaban J connectivity index is 1.38. The van der Waals surface area contributed by atoms with Gasteiger partial charge < -0.3 is 14.5 Å². The molecule has 0 bridgehead atoms. The summed E-state index contributed by atoms with van der Waals surface area (Å²) >= 11 is 1.56. The predicted octanol–water partition coefficient (Wildman–Crippen LogP) is 3.50. The van der Waals surface area contributed by atoms with Crippen molar-refractivity contribution in [2.24, 2.45) is 0 Å². The first-order valence-electron chi connectivity index (χ1n) is 11.1. The average molecular weight is 442 g/mol. The van der Waals surface area contributed by atoms with E-state index in [1.807, 2.05) is 40.1 Å². The topological polar surface area (TPSA) is 53.1 Å². The van der Waals surface area contributed by atoms with E-state index in [-0.39, 0.29) is 11.8 Å². The maximum Gasteiger partial charge on any atom is 0.263 e. The van der Waals surface area contributed by atoms with E-state index in [1.54, 1.807) is 18.4 Å². The molecule has 2 aromatic rings. The zero-order chi connectivity index (χ0) is 21.8. The van der Waals surface area contributed by atoms with E-state index >= 15 is 0 Å². The summed E-state index contributed by atoms with van der Waals surface area (Å²) in [6, 6.07) is 9.97. The third-order valence-electron chi connectivity index (χ3n) is 6.22. The smallest absolute Gasteiger partial charge is 0.263 e. The highest BCUT2D eigenvalue weighted by Crippen LogP contribution is 2.32. The second-order valence-electron chi connectivity index (χ2n) is 8.32. The fourth-order valence-electron chi connectivity index (χ4n) is 4.39. The van der Waals surface area contributed by atoms with Gasteiger partial charge in [-0.15, -0.1) is 11.3 Å². The molecule has 2 saturated heterocycles. The van der Waals surface area contributed by atoms with Gasteiger partial charge in [0.2, 0.25) is 5.91 Å². The molecule has 1 aromatic carbocycles. The number of carbonyl (C=O) groups is 2. The summed E-state index contributed by atoms with van der Waals surface area (Å²) in [7, 11) is 1.66. The van der Waals surface area contributed by atoms with E-state index in [1.165, 1.54) is 0 Å². The largest absolute Gasteiger partial charge is 0.497 e. The van der Waals surface area contributed by atoms with Crippen LogP contribution in [0, 0.1) is 6.92 Å². The predicted molar refractivity (Wildman–Crippen MR) is 124 cm³/mol. The Labute approximate surface area is 188 Å². The zero-order valence-corrected chi connectivity index (χ0v) is 19.2. The second-order valence-corrected chi connectivity index (χ2v) is 9.58. The third-order valence-corrected chi connectivity index (χ3v) is 7.26. The molecule has 1 aromatic heterocycles. The monoisotopic (exact) mass is 441 g/mol. The van der Waals surface area contributed by atoms with Crippen LogP contribution in [-0.4, -0.2) is 79.4 Å². The molecule has 2 fully saturated rings. The lowest BCUT2D eigenvalue weighted by Gasteiger charge is -2.23. The van der Waals surface area contributed by atoms with Gasteiger partial charge in [-0.2, -0.15) is 0 Å². The third kappa shape index (κ3) is 5.10. The van der Waals surface area contributed by atoms with Gasteiger partial charge >= 0.3 is 0 Å². The van der Waals surface area contributed by atoms with Gasteiger partial charge in [0.1, 0.15) is 5.75 Å². The standard InChI is InChI=1S/C24H31N3O3S/c1-18-21(19-6-8-20(30-2)9-7-19)16-22(31-18)24(29)27-13-5-10-25(14-15-27)17-23(28)26-11-3-4-12-26/h6-9,16H,3-5,10-15,17H2,1-2H3. The van der Waals surface area contributed by atoms with E-state index in [9.17, 15) is 9.59 Å². The molecular weight excluding hydrogens is 410 g/mol. The lowest BCUT2D eigenvalue weighted by Crippen LogP contribution is -2.41. The molecule has 2 amide bonds. The highest BCUT2D eigenvalue weighted by Gasteiger charge is 2.25. The molecule has 2 aliphatic heterocycles. The summed E-state index contributed by atoms with van der Waals surface area (Å²) < 4.78 is 5.25. The summed E-state index contributed by atoms with van der Waals surface area (Å²) in [6.07, 6.45) is 3.13. The van der Waals surface area contributed by atoms with Gasteiger partial charge in [-0.05, 0) is 55.5 Å². The van der Waals surface area contributed by atoms with Gasteiger partial charge in [0.05, 0.1) is 18.5 Å². The van der Waals surface area contributed by atoms with Crippen LogP contribution in [0.5, 0.6) is 5.75 Å². The van der Waals surface area contributed by atoms with E-state index < -0.39 is 0 Å². The molecule has 0 spiro atoms. The fraction of sp³-hybridized carbons (Fsp3) is 0.500. The number of ether oxygens (including phenoxy) is 1. The van der Waals surface area contributed by atoms with Crippen molar-refractivity contribution in [3.63, 3.8) is 0 Å². The van der Waals surface area contributed by atoms with Crippen LogP contribution >= 0.6 is 11.3 Å². The summed E-state index contributed by atoms with van der Waals surface area (Å²) in [5.74, 6) is 1.15. The van der Waals surface area contributed by atoms with Gasteiger partial charge in [-0.1, -0.05) is 12.1 Å². The highest BCUT2D eigenvalue weighted by atomic mass is 32.1. The van der Waals surface area contributed by atoms with Crippen molar-refractivity contribution >= 4 is 23.2 Å². The summed E-state index contributed by atoms with van der Waals surface area (Å²) in [6.45, 7) is 7.35. The van der Waals surface area contributed by atoms with Crippen LogP contribution in [0.25, 0.3) is 11.1 Å². The minimum atomic E-state index is 0.0978. The van der Waals surface area contributed by atoms with Crippen molar-refractivity contribution < 1.29 is 14.3 Å². The van der Waals surface area contributed by atoms with Crippen molar-refractivity contribution in [1.29, 1.82) is 0 Å². The van der Waals surface area contributed by atoms with Crippen LogP contribution in [0.2, 0.25) is 0 Å². The molecule has 0 radical (unpaired) electrons. The number of likely N-dealkylation sites (tertiary alicyclic amines) is 1. The second kappa shape index (κ2) is 9.83. The lowest BCUT2D eigenvalue weighted by molar-refractivity contribution is -0.131. The van der Waals surface area contributed by atoms with Gasteiger partial charge in [0, 0.05) is 44.1 Å². The van der Waals surface area contributed by atoms with E-state index in [0.29, 0.717) is 13.1 Å². The van der Waals surface area contributed by atoms with Crippen molar-refractivity contribution in [2.45, 2.75) is 26.2 Å². The molecule has 4 rings (SSSR count). The molecule has 7 heteroatoms. The summed E-state index contributed by atoms with van der Waals surface area (Å²) in [4.78, 5) is 33.7. The van der Waals surface area contributed by atoms with Crippen LogP contribution in [0.15, 0.2) is 30.3 Å². The Hall–Kier alpha value is -2.38. The Morgan fingerprint density at radius 3 is 2.35 bits per heavy atom. The van der Waals surface area contributed by atoms with Crippen LogP contribution in [-0.2, 0) is 4.79 Å². The molecule has 6 nitrogen and oxygen atoms in total. The molecule has 2 aliphatic rings. The molecule has 0 aliphatic carbocycles. The van der Waals surface area contributed by atoms with Gasteiger partial charge in [-0.25, -0.2) is 0 Å². The number of thiophene rings is 1. The maximum absolute atomic E-state index is 13.2. The minimum Gasteiger partial charge on any atom is -0.497 e. The Morgan fingerprint density at radius 1 is 0.935 bits per heavy atom. The van der Waals surface area contributed by atoms with Crippen molar-refractivity contribution in [1.82, 2.24) is 14.7 Å². The molecule has 0 N–H and O–H groups in total. The number of methoxy groups -OCH3 is 1. The average Bonchev–Trinajstić information content (AvgIpc) is 3.40. The molecular formula is C24H31N3O3S. The number of hydrogen-bond acceptors (Lipinski definition) is 5. The first-order chi connectivity index (χ1) is 15.0. The SMILES string of the molecule is COc1ccc(-c2cc(C(=O)N3CCCN(CC(=O)N4CCCC4)CC3)sc2C)cc1. The van der Waals surface area contributed by atoms with Crippen molar-refractivity contribution in [3.8, 4) is 16.9 Å². The number of carbonyl (C=O) groups excluding carboxylic acids is 2. The number of benzene rings is 1. The van der Waals surface area contributed by atoms with Crippen molar-refractivity contribution in [3.05, 3.63) is 40.1 Å². The Bertz CT molecular complexity index is 919. The van der Waals surface area contributed by atoms with Gasteiger partial charge in [0.15, 0.2) is 0 Å². The lowest BCUT2D eigenvalue weighted by atomic mass is 10.1. The molecule has 3 heterocycles. The number of hydrogen-bond donors (Lipinski definition) is 0. The number of rotatable bonds is 5. The zero-order valence-electron chi connectivity index (χ0n) is 18.4. The van der Waals surface area contributed by atoms with E-state index in [2.05, 4.69) is 11.8 Å². The fourth-order valence-corrected chi connectivity index (χ4v) is 5.40.